The molecule has 6 rings (SSSR count). The van der Waals surface area contributed by atoms with E-state index in [1.165, 1.54) is 37.0 Å². The van der Waals surface area contributed by atoms with Gasteiger partial charge in [0.05, 0.1) is 11.7 Å². The zero-order valence-corrected chi connectivity index (χ0v) is 20.3. The number of hydrogen-bond donors (Lipinski definition) is 2. The van der Waals surface area contributed by atoms with E-state index < -0.39 is 0 Å². The average molecular weight is 481 g/mol. The lowest BCUT2D eigenvalue weighted by Crippen LogP contribution is -2.43. The maximum atomic E-state index is 15.2. The summed E-state index contributed by atoms with van der Waals surface area (Å²) >= 11 is 1.29. The van der Waals surface area contributed by atoms with Crippen molar-refractivity contribution in [2.24, 2.45) is 5.92 Å². The highest BCUT2D eigenvalue weighted by Crippen LogP contribution is 2.42. The van der Waals surface area contributed by atoms with Gasteiger partial charge >= 0.3 is 0 Å². The minimum absolute atomic E-state index is 0.260. The Hall–Kier alpha value is -2.87. The van der Waals surface area contributed by atoms with Gasteiger partial charge in [-0.1, -0.05) is 6.42 Å². The van der Waals surface area contributed by atoms with Crippen LogP contribution in [0.5, 0.6) is 5.75 Å². The molecule has 3 aromatic rings. The molecule has 8 heteroatoms. The molecule has 2 fully saturated rings. The van der Waals surface area contributed by atoms with Crippen molar-refractivity contribution in [2.75, 3.05) is 23.8 Å². The van der Waals surface area contributed by atoms with Gasteiger partial charge in [-0.05, 0) is 56.7 Å². The third-order valence-electron chi connectivity index (χ3n) is 7.69. The predicted molar refractivity (Wildman–Crippen MR) is 133 cm³/mol. The van der Waals surface area contributed by atoms with Crippen LogP contribution >= 0.6 is 11.3 Å². The fourth-order valence-corrected chi connectivity index (χ4v) is 7.24. The van der Waals surface area contributed by atoms with Crippen molar-refractivity contribution in [2.45, 2.75) is 58.0 Å². The Bertz CT molecular complexity index is 1310. The Morgan fingerprint density at radius 1 is 1.26 bits per heavy atom. The number of rotatable bonds is 3. The third-order valence-corrected chi connectivity index (χ3v) is 8.79. The highest BCUT2D eigenvalue weighted by molar-refractivity contribution is 7.21. The van der Waals surface area contributed by atoms with Crippen molar-refractivity contribution in [1.82, 2.24) is 10.3 Å². The number of fused-ring (bicyclic) bond motifs is 3. The molecule has 3 aliphatic rings. The summed E-state index contributed by atoms with van der Waals surface area (Å²) in [5.74, 6) is 0.808. The Morgan fingerprint density at radius 2 is 2.12 bits per heavy atom. The number of amides is 1. The molecule has 0 radical (unpaired) electrons. The fraction of sp³-hybridized carbons (Fsp3) is 0.462. The molecule has 0 unspecified atom stereocenters. The maximum Gasteiger partial charge on any atom is 0.263 e. The van der Waals surface area contributed by atoms with Gasteiger partial charge in [-0.15, -0.1) is 11.3 Å². The summed E-state index contributed by atoms with van der Waals surface area (Å²) < 4.78 is 21.2. The summed E-state index contributed by atoms with van der Waals surface area (Å²) in [4.78, 5) is 21.2. The van der Waals surface area contributed by atoms with Crippen LogP contribution < -0.4 is 20.7 Å². The normalized spacial score (nSPS) is 23.6. The second-order valence-electron chi connectivity index (χ2n) is 9.94. The topological polar surface area (TPSA) is 80.5 Å². The number of pyridine rings is 1. The number of aromatic nitrogens is 1. The van der Waals surface area contributed by atoms with Gasteiger partial charge in [0.1, 0.15) is 27.9 Å². The van der Waals surface area contributed by atoms with Crippen LogP contribution in [0, 0.1) is 25.6 Å². The summed E-state index contributed by atoms with van der Waals surface area (Å²) in [6.07, 6.45) is 5.31. The summed E-state index contributed by atoms with van der Waals surface area (Å²) in [5.41, 5.74) is 10.1. The minimum atomic E-state index is -0.327. The molecular weight excluding hydrogens is 451 g/mol. The number of nitrogens with one attached hydrogen (secondary N) is 1. The lowest BCUT2D eigenvalue weighted by Gasteiger charge is -2.30. The van der Waals surface area contributed by atoms with Crippen molar-refractivity contribution in [1.29, 1.82) is 0 Å². The van der Waals surface area contributed by atoms with Crippen LogP contribution in [-0.2, 0) is 6.42 Å². The van der Waals surface area contributed by atoms with E-state index in [4.69, 9.17) is 10.5 Å². The first kappa shape index (κ1) is 21.6. The second kappa shape index (κ2) is 8.12. The number of carbonyl (C=O) groups is 1. The molecule has 0 bridgehead atoms. The Labute approximate surface area is 202 Å². The number of benzene rings is 1. The van der Waals surface area contributed by atoms with Crippen molar-refractivity contribution >= 4 is 38.8 Å². The Morgan fingerprint density at radius 3 is 2.97 bits per heavy atom. The quantitative estimate of drug-likeness (QED) is 0.566. The van der Waals surface area contributed by atoms with Gasteiger partial charge in [0.2, 0.25) is 0 Å². The molecule has 1 aromatic carbocycles. The van der Waals surface area contributed by atoms with Crippen LogP contribution in [-0.4, -0.2) is 36.1 Å². The number of nitrogen functional groups attached to an aromatic ring is 1. The third kappa shape index (κ3) is 3.50. The number of nitrogens with two attached hydrogens (primary N) is 1. The smallest absolute Gasteiger partial charge is 0.263 e. The predicted octanol–water partition coefficient (Wildman–Crippen LogP) is 4.75. The zero-order valence-electron chi connectivity index (χ0n) is 19.5. The minimum Gasteiger partial charge on any atom is -0.491 e. The molecule has 1 saturated heterocycles. The van der Waals surface area contributed by atoms with Gasteiger partial charge in [-0.2, -0.15) is 0 Å². The zero-order chi connectivity index (χ0) is 23.6. The average Bonchev–Trinajstić information content (AvgIpc) is 3.48. The van der Waals surface area contributed by atoms with E-state index in [9.17, 15) is 4.79 Å². The highest BCUT2D eigenvalue weighted by Gasteiger charge is 2.38. The molecular formula is C26H29FN4O2S. The molecule has 2 aliphatic heterocycles. The monoisotopic (exact) mass is 480 g/mol. The standard InChI is InChI=1S/C26H29FN4O2S/c1-13-8-14(2)29-26-22(13)23(28)24(34-26)25(32)30-16-9-18-19(27)10-17(11-21(18)33-12-16)31-7-6-15-4-3-5-20(15)31/h8,10-11,15-16,20H,3-7,9,12,28H2,1-2H3,(H,30,32)/t15-,16-,20-/m1/s1. The summed E-state index contributed by atoms with van der Waals surface area (Å²) in [6.45, 7) is 5.18. The van der Waals surface area contributed by atoms with E-state index in [-0.39, 0.29) is 17.8 Å². The Balaban J connectivity index is 1.21. The molecule has 3 N–H and O–H groups in total. The van der Waals surface area contributed by atoms with Crippen LogP contribution in [0.3, 0.4) is 0 Å². The van der Waals surface area contributed by atoms with E-state index in [2.05, 4.69) is 15.2 Å². The van der Waals surface area contributed by atoms with E-state index in [0.29, 0.717) is 40.9 Å². The first-order valence-corrected chi connectivity index (χ1v) is 12.9. The maximum absolute atomic E-state index is 15.2. The van der Waals surface area contributed by atoms with Crippen LogP contribution in [0.1, 0.15) is 52.2 Å². The SMILES string of the molecule is Cc1cc(C)c2c(N)c(C(=O)N[C@H]3COc4cc(N5CC[C@H]6CCC[C@H]65)cc(F)c4C3)sc2n1. The Kier molecular flexibility index (Phi) is 5.17. The van der Waals surface area contributed by atoms with Gasteiger partial charge in [0, 0.05) is 47.4 Å². The van der Waals surface area contributed by atoms with Gasteiger partial charge < -0.3 is 20.7 Å². The van der Waals surface area contributed by atoms with E-state index in [1.54, 1.807) is 6.07 Å². The first-order valence-electron chi connectivity index (χ1n) is 12.1. The lowest BCUT2D eigenvalue weighted by molar-refractivity contribution is 0.0919. The number of nitrogens with zero attached hydrogens (tertiary/aromatic N) is 2. The largest absolute Gasteiger partial charge is 0.491 e. The molecule has 34 heavy (non-hydrogen) atoms. The molecule has 1 aliphatic carbocycles. The lowest BCUT2D eigenvalue weighted by atomic mass is 10.0. The summed E-state index contributed by atoms with van der Waals surface area (Å²) in [5, 5.41) is 3.83. The van der Waals surface area contributed by atoms with Crippen molar-refractivity contribution in [3.63, 3.8) is 0 Å². The van der Waals surface area contributed by atoms with Gasteiger partial charge in [0.25, 0.3) is 5.91 Å². The number of ether oxygens (including phenoxy) is 1. The first-order chi connectivity index (χ1) is 16.4. The van der Waals surface area contributed by atoms with Crippen molar-refractivity contribution in [3.05, 3.63) is 45.7 Å². The molecule has 6 nitrogen and oxygen atoms in total. The van der Waals surface area contributed by atoms with Crippen molar-refractivity contribution in [3.8, 4) is 5.75 Å². The van der Waals surface area contributed by atoms with E-state index in [1.807, 2.05) is 26.0 Å². The number of anilines is 2. The summed E-state index contributed by atoms with van der Waals surface area (Å²) in [7, 11) is 0. The fourth-order valence-electron chi connectivity index (χ4n) is 6.12. The highest BCUT2D eigenvalue weighted by atomic mass is 32.1. The van der Waals surface area contributed by atoms with Crippen LogP contribution in [0.15, 0.2) is 18.2 Å². The van der Waals surface area contributed by atoms with Crippen molar-refractivity contribution < 1.29 is 13.9 Å². The number of halogens is 1. The van der Waals surface area contributed by atoms with Crippen LogP contribution in [0.2, 0.25) is 0 Å². The number of carbonyl (C=O) groups excluding carboxylic acids is 1. The molecule has 178 valence electrons. The molecule has 2 aromatic heterocycles. The molecule has 1 amide bonds. The van der Waals surface area contributed by atoms with Gasteiger partial charge in [-0.3, -0.25) is 4.79 Å². The number of hydrogen-bond acceptors (Lipinski definition) is 6. The molecule has 0 spiro atoms. The van der Waals surface area contributed by atoms with Gasteiger partial charge in [-0.25, -0.2) is 9.37 Å². The number of aryl methyl sites for hydroxylation is 2. The van der Waals surface area contributed by atoms with Crippen LogP contribution in [0.25, 0.3) is 10.2 Å². The van der Waals surface area contributed by atoms with E-state index >= 15 is 4.39 Å². The van der Waals surface area contributed by atoms with Crippen LogP contribution in [0.4, 0.5) is 15.8 Å². The molecule has 1 saturated carbocycles. The molecule has 3 atom stereocenters. The summed E-state index contributed by atoms with van der Waals surface area (Å²) in [6, 6.07) is 5.80. The second-order valence-corrected chi connectivity index (χ2v) is 10.9. The number of thiophene rings is 1. The van der Waals surface area contributed by atoms with E-state index in [0.717, 1.165) is 39.6 Å². The molecule has 4 heterocycles. The van der Waals surface area contributed by atoms with Gasteiger partial charge in [0.15, 0.2) is 0 Å².